The first-order valence-electron chi connectivity index (χ1n) is 15.1. The van der Waals surface area contributed by atoms with Crippen molar-refractivity contribution in [2.75, 3.05) is 12.3 Å². The smallest absolute Gasteiger partial charge is 0.125 e. The molecule has 0 aromatic heterocycles. The van der Waals surface area contributed by atoms with Crippen molar-refractivity contribution in [1.82, 2.24) is 0 Å². The minimum Gasteiger partial charge on any atom is -0.253 e. The molecule has 0 unspecified atom stereocenters. The SMILES string of the molecule is [BH3-][PH+](CC(=Nc1c(C(C)C)cccc1C(C)C)C(C)(C)C)CC(=Nc1c(C(C)C)cccc1C(C)C)C(C)(C)C. The number of para-hydroxylation sites is 2. The van der Waals surface area contributed by atoms with Crippen molar-refractivity contribution < 1.29 is 0 Å². The van der Waals surface area contributed by atoms with Crippen LogP contribution in [0, 0.1) is 10.8 Å². The highest BCUT2D eigenvalue weighted by atomic mass is 31.1. The van der Waals surface area contributed by atoms with E-state index in [0.717, 1.165) is 0 Å². The van der Waals surface area contributed by atoms with Gasteiger partial charge in [-0.1, -0.05) is 133 Å². The number of aliphatic imine (C=N–C) groups is 2. The number of hydrogen-bond acceptors (Lipinski definition) is 2. The maximum atomic E-state index is 5.58. The van der Waals surface area contributed by atoms with E-state index in [9.17, 15) is 0 Å². The zero-order valence-corrected chi connectivity index (χ0v) is 28.6. The van der Waals surface area contributed by atoms with E-state index in [2.05, 4.69) is 133 Å². The van der Waals surface area contributed by atoms with Gasteiger partial charge in [0.15, 0.2) is 0 Å². The zero-order chi connectivity index (χ0) is 30.6. The molecule has 0 aliphatic heterocycles. The molecular weight excluding hydrogens is 502 g/mol. The molecule has 0 fully saturated rings. The lowest BCUT2D eigenvalue weighted by Gasteiger charge is -2.28. The summed E-state index contributed by atoms with van der Waals surface area (Å²) in [5.74, 6) is 1.84. The van der Waals surface area contributed by atoms with Gasteiger partial charge in [-0.2, -0.15) is 7.80 Å². The molecule has 4 heteroatoms. The summed E-state index contributed by atoms with van der Waals surface area (Å²) in [6.07, 6.45) is 2.35. The lowest BCUT2D eigenvalue weighted by atomic mass is 9.89. The second-order valence-electron chi connectivity index (χ2n) is 14.4. The fraction of sp³-hybridized carbons (Fsp3) is 0.611. The molecule has 0 saturated carbocycles. The number of hydrogen-bond donors (Lipinski definition) is 0. The van der Waals surface area contributed by atoms with E-state index in [-0.39, 0.29) is 18.4 Å². The summed E-state index contributed by atoms with van der Waals surface area (Å²) in [6, 6.07) is 13.6. The largest absolute Gasteiger partial charge is 0.253 e. The minimum atomic E-state index is -0.532. The molecule has 0 heterocycles. The van der Waals surface area contributed by atoms with Crippen LogP contribution < -0.4 is 0 Å². The summed E-state index contributed by atoms with van der Waals surface area (Å²) in [4.78, 5) is 11.2. The molecule has 0 saturated heterocycles. The topological polar surface area (TPSA) is 24.7 Å². The Morgan fingerprint density at radius 2 is 0.825 bits per heavy atom. The van der Waals surface area contributed by atoms with E-state index in [4.69, 9.17) is 9.98 Å². The minimum absolute atomic E-state index is 0.0523. The van der Waals surface area contributed by atoms with Crippen LogP contribution in [-0.4, -0.2) is 31.3 Å². The van der Waals surface area contributed by atoms with Gasteiger partial charge in [-0.05, 0) is 45.9 Å². The van der Waals surface area contributed by atoms with Gasteiger partial charge in [0.1, 0.15) is 7.57 Å². The summed E-state index contributed by atoms with van der Waals surface area (Å²) in [5, 5.41) is 0. The van der Waals surface area contributed by atoms with Crippen molar-refractivity contribution in [2.45, 2.75) is 121 Å². The Morgan fingerprint density at radius 1 is 0.575 bits per heavy atom. The molecule has 0 aliphatic rings. The van der Waals surface area contributed by atoms with Crippen LogP contribution in [0.1, 0.15) is 143 Å². The third-order valence-corrected chi connectivity index (χ3v) is 8.66. The Bertz CT molecular complexity index is 1040. The van der Waals surface area contributed by atoms with E-state index >= 15 is 0 Å². The summed E-state index contributed by atoms with van der Waals surface area (Å²) >= 11 is 0. The van der Waals surface area contributed by atoms with Gasteiger partial charge in [0.2, 0.25) is 0 Å². The lowest BCUT2D eigenvalue weighted by Crippen LogP contribution is -2.27. The van der Waals surface area contributed by atoms with Gasteiger partial charge >= 0.3 is 0 Å². The van der Waals surface area contributed by atoms with Gasteiger partial charge in [-0.3, -0.25) is 9.98 Å². The van der Waals surface area contributed by atoms with E-state index in [1.54, 1.807) is 0 Å². The molecule has 0 N–H and O–H groups in total. The number of benzene rings is 2. The third kappa shape index (κ3) is 9.14. The first-order valence-corrected chi connectivity index (χ1v) is 16.5. The summed E-state index contributed by atoms with van der Waals surface area (Å²) in [5.41, 5.74) is 10.9. The predicted octanol–water partition coefficient (Wildman–Crippen LogP) is 10.6. The van der Waals surface area contributed by atoms with E-state index in [1.807, 2.05) is 0 Å². The van der Waals surface area contributed by atoms with Gasteiger partial charge in [0, 0.05) is 10.8 Å². The standard InChI is InChI=1S/C36H60BN2P/c1-23(2)27-17-15-18-28(24(3)4)33(27)38-31(35(9,10)11)21-40(37)22-32(36(12,13)14)39-34-29(25(5)6)19-16-20-30(34)26(7)8/h15-20,23-26,40H,21-22H2,1-14,37H3. The highest BCUT2D eigenvalue weighted by Crippen LogP contribution is 2.42. The lowest BCUT2D eigenvalue weighted by molar-refractivity contribution is 0.587. The Morgan fingerprint density at radius 3 is 1.02 bits per heavy atom. The third-order valence-electron chi connectivity index (χ3n) is 7.49. The molecule has 0 radical (unpaired) electrons. The fourth-order valence-corrected chi connectivity index (χ4v) is 6.61. The average molecular weight is 563 g/mol. The Labute approximate surface area is 250 Å². The first kappa shape index (κ1) is 34.5. The summed E-state index contributed by atoms with van der Waals surface area (Å²) in [7, 11) is -0.353. The van der Waals surface area contributed by atoms with Crippen molar-refractivity contribution in [1.29, 1.82) is 0 Å². The average Bonchev–Trinajstić information content (AvgIpc) is 2.81. The van der Waals surface area contributed by atoms with Crippen molar-refractivity contribution in [2.24, 2.45) is 20.8 Å². The molecule has 40 heavy (non-hydrogen) atoms. The van der Waals surface area contributed by atoms with Crippen molar-refractivity contribution in [3.05, 3.63) is 58.7 Å². The second kappa shape index (κ2) is 14.0. The highest BCUT2D eigenvalue weighted by molar-refractivity contribution is 7.83. The normalized spacial score (nSPS) is 14.7. The number of nitrogens with zero attached hydrogens (tertiary/aromatic N) is 2. The van der Waals surface area contributed by atoms with Crippen LogP contribution in [0.5, 0.6) is 0 Å². The van der Waals surface area contributed by atoms with E-state index < -0.39 is 7.80 Å². The van der Waals surface area contributed by atoms with Crippen molar-refractivity contribution in [3.8, 4) is 0 Å². The second-order valence-corrected chi connectivity index (χ2v) is 15.6. The van der Waals surface area contributed by atoms with Crippen LogP contribution in [0.3, 0.4) is 0 Å². The molecule has 2 nitrogen and oxygen atoms in total. The van der Waals surface area contributed by atoms with Gasteiger partial charge in [0.05, 0.1) is 35.1 Å². The predicted molar refractivity (Wildman–Crippen MR) is 190 cm³/mol. The van der Waals surface area contributed by atoms with Gasteiger partial charge in [-0.15, -0.1) is 0 Å². The molecule has 0 aliphatic carbocycles. The first-order chi connectivity index (χ1) is 18.3. The zero-order valence-electron chi connectivity index (χ0n) is 27.6. The van der Waals surface area contributed by atoms with Crippen LogP contribution in [0.2, 0.25) is 0 Å². The van der Waals surface area contributed by atoms with Gasteiger partial charge in [0.25, 0.3) is 0 Å². The maximum Gasteiger partial charge on any atom is 0.125 e. The molecular formula is C36H60BN2P. The molecule has 2 aromatic carbocycles. The molecule has 2 aromatic rings. The van der Waals surface area contributed by atoms with Crippen LogP contribution in [0.25, 0.3) is 0 Å². The number of rotatable bonds is 10. The Kier molecular flexibility index (Phi) is 12.0. The molecule has 2 rings (SSSR count). The van der Waals surface area contributed by atoms with Gasteiger partial charge < -0.3 is 0 Å². The van der Waals surface area contributed by atoms with Crippen molar-refractivity contribution >= 4 is 38.2 Å². The maximum absolute atomic E-state index is 5.58. The Hall–Kier alpha value is -1.73. The van der Waals surface area contributed by atoms with Gasteiger partial charge in [-0.25, -0.2) is 0 Å². The van der Waals surface area contributed by atoms with Crippen LogP contribution in [0.15, 0.2) is 46.4 Å². The molecule has 0 bridgehead atoms. The molecule has 222 valence electrons. The summed E-state index contributed by atoms with van der Waals surface area (Å²) < 4.78 is 0. The van der Waals surface area contributed by atoms with E-state index in [1.165, 1.54) is 57.4 Å². The van der Waals surface area contributed by atoms with Crippen LogP contribution in [0.4, 0.5) is 11.4 Å². The van der Waals surface area contributed by atoms with E-state index in [0.29, 0.717) is 23.7 Å². The van der Waals surface area contributed by atoms with Crippen molar-refractivity contribution in [3.63, 3.8) is 0 Å². The quantitative estimate of drug-likeness (QED) is 0.156. The molecule has 0 amide bonds. The fourth-order valence-electron chi connectivity index (χ4n) is 4.80. The van der Waals surface area contributed by atoms with Crippen LogP contribution >= 0.6 is 7.80 Å². The molecule has 0 atom stereocenters. The highest BCUT2D eigenvalue weighted by Gasteiger charge is 2.28. The molecule has 0 spiro atoms. The monoisotopic (exact) mass is 562 g/mol. The Balaban J connectivity index is 2.60. The van der Waals surface area contributed by atoms with Crippen LogP contribution in [-0.2, 0) is 0 Å². The summed E-state index contributed by atoms with van der Waals surface area (Å²) in [6.45, 7) is 32.6.